The van der Waals surface area contributed by atoms with Gasteiger partial charge in [-0.15, -0.1) is 11.3 Å². The fraction of sp³-hybridized carbons (Fsp3) is 0.417. The highest BCUT2D eigenvalue weighted by Crippen LogP contribution is 2.19. The first kappa shape index (κ1) is 16.5. The Kier molecular flexibility index (Phi) is 5.16. The minimum absolute atomic E-state index is 0.324. The van der Waals surface area contributed by atoms with Crippen molar-refractivity contribution in [1.82, 2.24) is 4.31 Å². The molecule has 1 unspecified atom stereocenters. The highest BCUT2D eigenvalue weighted by atomic mass is 32.2. The van der Waals surface area contributed by atoms with Crippen molar-refractivity contribution in [3.63, 3.8) is 0 Å². The monoisotopic (exact) mass is 314 g/mol. The molecule has 1 atom stereocenters. The molecule has 0 aliphatic carbocycles. The molecular formula is C12H14N2O4S2. The van der Waals surface area contributed by atoms with Gasteiger partial charge in [-0.25, -0.2) is 8.42 Å². The van der Waals surface area contributed by atoms with Crippen molar-refractivity contribution in [2.45, 2.75) is 6.92 Å². The third-order valence-corrected chi connectivity index (χ3v) is 4.92. The third-order valence-electron chi connectivity index (χ3n) is 2.64. The lowest BCUT2D eigenvalue weighted by atomic mass is 9.99. The molecule has 0 fully saturated rings. The molecule has 6 nitrogen and oxygen atoms in total. The summed E-state index contributed by atoms with van der Waals surface area (Å²) in [7, 11) is -2.31. The minimum Gasteiger partial charge on any atom is -0.296 e. The van der Waals surface area contributed by atoms with Gasteiger partial charge in [-0.05, 0) is 19.1 Å². The Bertz CT molecular complexity index is 670. The molecule has 1 heterocycles. The lowest BCUT2D eigenvalue weighted by Gasteiger charge is -2.14. The second kappa shape index (κ2) is 6.26. The van der Waals surface area contributed by atoms with Crippen molar-refractivity contribution in [3.8, 4) is 6.07 Å². The lowest BCUT2D eigenvalue weighted by molar-refractivity contribution is -0.120. The standard InChI is InChI=1S/C12H14N2O4S2/c1-8-4-5-11(19-8)12(16)9(6-13)10(15)7-14(2)20(3,17)18/h4-5,9H,7H2,1-3H3. The van der Waals surface area contributed by atoms with Crippen LogP contribution in [0.3, 0.4) is 0 Å². The maximum Gasteiger partial charge on any atom is 0.211 e. The van der Waals surface area contributed by atoms with Gasteiger partial charge >= 0.3 is 0 Å². The molecule has 0 aromatic carbocycles. The fourth-order valence-electron chi connectivity index (χ4n) is 1.41. The first-order chi connectivity index (χ1) is 9.16. The summed E-state index contributed by atoms with van der Waals surface area (Å²) in [5.41, 5.74) is 0. The summed E-state index contributed by atoms with van der Waals surface area (Å²) in [5, 5.41) is 9.00. The van der Waals surface area contributed by atoms with Crippen LogP contribution in [0.15, 0.2) is 12.1 Å². The number of Topliss-reactive ketones (excluding diaryl/α,β-unsaturated/α-hetero) is 2. The van der Waals surface area contributed by atoms with E-state index < -0.39 is 34.1 Å². The molecule has 0 N–H and O–H groups in total. The largest absolute Gasteiger partial charge is 0.296 e. The van der Waals surface area contributed by atoms with Crippen molar-refractivity contribution < 1.29 is 18.0 Å². The van der Waals surface area contributed by atoms with Crippen LogP contribution < -0.4 is 0 Å². The molecule has 108 valence electrons. The van der Waals surface area contributed by atoms with Gasteiger partial charge in [-0.3, -0.25) is 9.59 Å². The summed E-state index contributed by atoms with van der Waals surface area (Å²) < 4.78 is 23.3. The highest BCUT2D eigenvalue weighted by molar-refractivity contribution is 7.88. The van der Waals surface area contributed by atoms with Gasteiger partial charge < -0.3 is 0 Å². The quantitative estimate of drug-likeness (QED) is 0.572. The van der Waals surface area contributed by atoms with Gasteiger partial charge in [-0.1, -0.05) is 0 Å². The number of ketones is 2. The van der Waals surface area contributed by atoms with Gasteiger partial charge in [0, 0.05) is 11.9 Å². The van der Waals surface area contributed by atoms with E-state index in [0.717, 1.165) is 15.4 Å². The summed E-state index contributed by atoms with van der Waals surface area (Å²) >= 11 is 1.20. The van der Waals surface area contributed by atoms with Crippen molar-refractivity contribution in [3.05, 3.63) is 21.9 Å². The smallest absolute Gasteiger partial charge is 0.211 e. The first-order valence-electron chi connectivity index (χ1n) is 5.61. The normalized spacial score (nSPS) is 12.9. The van der Waals surface area contributed by atoms with Gasteiger partial charge in [0.1, 0.15) is 0 Å². The number of nitrogens with zero attached hydrogens (tertiary/aromatic N) is 2. The number of hydrogen-bond donors (Lipinski definition) is 0. The Morgan fingerprint density at radius 3 is 2.45 bits per heavy atom. The van der Waals surface area contributed by atoms with Crippen molar-refractivity contribution >= 4 is 32.9 Å². The number of carbonyl (C=O) groups excluding carboxylic acids is 2. The molecule has 0 aliphatic heterocycles. The number of likely N-dealkylation sites (N-methyl/N-ethyl adjacent to an activating group) is 1. The van der Waals surface area contributed by atoms with E-state index in [4.69, 9.17) is 5.26 Å². The summed E-state index contributed by atoms with van der Waals surface area (Å²) in [6, 6.07) is 4.93. The molecule has 0 radical (unpaired) electrons. The van der Waals surface area contributed by atoms with Crippen LogP contribution in [0.25, 0.3) is 0 Å². The van der Waals surface area contributed by atoms with Crippen molar-refractivity contribution in [2.75, 3.05) is 19.8 Å². The van der Waals surface area contributed by atoms with E-state index in [1.54, 1.807) is 18.2 Å². The van der Waals surface area contributed by atoms with Crippen molar-refractivity contribution in [2.24, 2.45) is 5.92 Å². The van der Waals surface area contributed by atoms with Crippen LogP contribution in [0.2, 0.25) is 0 Å². The topological polar surface area (TPSA) is 95.3 Å². The summed E-state index contributed by atoms with van der Waals surface area (Å²) in [6.07, 6.45) is 0.951. The number of nitriles is 1. The lowest BCUT2D eigenvalue weighted by Crippen LogP contribution is -2.36. The first-order valence-corrected chi connectivity index (χ1v) is 8.27. The Morgan fingerprint density at radius 1 is 1.45 bits per heavy atom. The summed E-state index contributed by atoms with van der Waals surface area (Å²) in [6.45, 7) is 1.31. The predicted octanol–water partition coefficient (Wildman–Crippen LogP) is 0.840. The highest BCUT2D eigenvalue weighted by Gasteiger charge is 2.30. The number of carbonyl (C=O) groups is 2. The van der Waals surface area contributed by atoms with Crippen LogP contribution in [0.5, 0.6) is 0 Å². The Hall–Kier alpha value is -1.56. The molecule has 0 saturated heterocycles. The zero-order valence-electron chi connectivity index (χ0n) is 11.3. The molecule has 0 amide bonds. The molecule has 0 saturated carbocycles. The summed E-state index contributed by atoms with van der Waals surface area (Å²) in [4.78, 5) is 25.2. The van der Waals surface area contributed by atoms with Gasteiger partial charge in [0.25, 0.3) is 0 Å². The minimum atomic E-state index is -3.53. The van der Waals surface area contributed by atoms with E-state index in [0.29, 0.717) is 4.88 Å². The molecule has 1 rings (SSSR count). The van der Waals surface area contributed by atoms with Gasteiger partial charge in [0.2, 0.25) is 10.0 Å². The molecule has 8 heteroatoms. The zero-order valence-corrected chi connectivity index (χ0v) is 12.9. The van der Waals surface area contributed by atoms with E-state index in [2.05, 4.69) is 0 Å². The molecule has 0 bridgehead atoms. The Labute approximate surface area is 121 Å². The third kappa shape index (κ3) is 3.96. The van der Waals surface area contributed by atoms with E-state index in [9.17, 15) is 18.0 Å². The van der Waals surface area contributed by atoms with Crippen LogP contribution >= 0.6 is 11.3 Å². The zero-order chi connectivity index (χ0) is 15.5. The van der Waals surface area contributed by atoms with E-state index in [1.165, 1.54) is 18.4 Å². The second-order valence-corrected chi connectivity index (χ2v) is 7.70. The fourth-order valence-corrected chi connectivity index (χ4v) is 2.61. The average Bonchev–Trinajstić information content (AvgIpc) is 2.75. The van der Waals surface area contributed by atoms with Gasteiger partial charge in [0.05, 0.1) is 23.7 Å². The van der Waals surface area contributed by atoms with Crippen molar-refractivity contribution in [1.29, 1.82) is 5.26 Å². The molecule has 1 aromatic rings. The number of hydrogen-bond acceptors (Lipinski definition) is 6. The maximum atomic E-state index is 12.1. The van der Waals surface area contributed by atoms with E-state index in [-0.39, 0.29) is 0 Å². The Balaban J connectivity index is 2.89. The van der Waals surface area contributed by atoms with E-state index >= 15 is 0 Å². The average molecular weight is 314 g/mol. The predicted molar refractivity (Wildman–Crippen MR) is 75.0 cm³/mol. The maximum absolute atomic E-state index is 12.1. The number of aryl methyl sites for hydroxylation is 1. The molecule has 1 aromatic heterocycles. The van der Waals surface area contributed by atoms with E-state index in [1.807, 2.05) is 6.92 Å². The molecule has 20 heavy (non-hydrogen) atoms. The van der Waals surface area contributed by atoms with Gasteiger partial charge in [-0.2, -0.15) is 9.57 Å². The van der Waals surface area contributed by atoms with Crippen LogP contribution in [0.1, 0.15) is 14.5 Å². The summed E-state index contributed by atoms with van der Waals surface area (Å²) in [5.74, 6) is -2.79. The molecule has 0 aliphatic rings. The van der Waals surface area contributed by atoms with Crippen LogP contribution in [0.4, 0.5) is 0 Å². The Morgan fingerprint density at radius 2 is 2.05 bits per heavy atom. The van der Waals surface area contributed by atoms with Crippen LogP contribution in [-0.4, -0.2) is 44.1 Å². The van der Waals surface area contributed by atoms with Crippen LogP contribution in [-0.2, 0) is 14.8 Å². The number of sulfonamides is 1. The SMILES string of the molecule is Cc1ccc(C(=O)C(C#N)C(=O)CN(C)S(C)(=O)=O)s1. The van der Waals surface area contributed by atoms with Crippen LogP contribution in [0, 0.1) is 24.2 Å². The number of thiophene rings is 1. The molecule has 0 spiro atoms. The molecular weight excluding hydrogens is 300 g/mol. The van der Waals surface area contributed by atoms with Gasteiger partial charge in [0.15, 0.2) is 17.5 Å². The number of rotatable bonds is 6. The second-order valence-electron chi connectivity index (χ2n) is 4.32.